The second-order valence-corrected chi connectivity index (χ2v) is 6.37. The van der Waals surface area contributed by atoms with Gasteiger partial charge < -0.3 is 19.4 Å². The fourth-order valence-corrected chi connectivity index (χ4v) is 3.06. The molecule has 0 radical (unpaired) electrons. The van der Waals surface area contributed by atoms with Crippen molar-refractivity contribution in [2.75, 3.05) is 13.1 Å². The molecule has 2 N–H and O–H groups in total. The van der Waals surface area contributed by atoms with Gasteiger partial charge in [-0.1, -0.05) is 12.1 Å². The molecule has 0 saturated heterocycles. The van der Waals surface area contributed by atoms with Crippen LogP contribution < -0.4 is 5.32 Å². The van der Waals surface area contributed by atoms with Gasteiger partial charge in [0, 0.05) is 24.9 Å². The van der Waals surface area contributed by atoms with Crippen molar-refractivity contribution in [1.82, 2.24) is 20.4 Å². The van der Waals surface area contributed by atoms with Crippen LogP contribution in [0.1, 0.15) is 32.1 Å². The Balaban J connectivity index is 1.38. The van der Waals surface area contributed by atoms with Gasteiger partial charge in [-0.3, -0.25) is 14.5 Å². The number of rotatable bonds is 9. The minimum Gasteiger partial charge on any atom is -0.480 e. The fourth-order valence-electron chi connectivity index (χ4n) is 3.06. The summed E-state index contributed by atoms with van der Waals surface area (Å²) >= 11 is 0. The predicted octanol–water partition coefficient (Wildman–Crippen LogP) is 1.32. The average Bonchev–Trinajstić information content (AvgIpc) is 3.24. The van der Waals surface area contributed by atoms with Crippen LogP contribution in [-0.2, 0) is 16.0 Å². The van der Waals surface area contributed by atoms with E-state index in [-0.39, 0.29) is 31.0 Å². The second kappa shape index (κ2) is 8.13. The van der Waals surface area contributed by atoms with E-state index in [1.54, 1.807) is 6.07 Å². The molecule has 3 rings (SSSR count). The molecule has 1 amide bonds. The molecule has 140 valence electrons. The van der Waals surface area contributed by atoms with Gasteiger partial charge in [0.05, 0.1) is 18.4 Å². The van der Waals surface area contributed by atoms with Gasteiger partial charge in [-0.05, 0) is 25.5 Å². The third-order valence-electron chi connectivity index (χ3n) is 4.55. The van der Waals surface area contributed by atoms with E-state index >= 15 is 0 Å². The first-order valence-corrected chi connectivity index (χ1v) is 8.65. The number of carbonyl (C=O) groups excluding carboxylic acids is 1. The van der Waals surface area contributed by atoms with Gasteiger partial charge in [0.25, 0.3) is 0 Å². The van der Waals surface area contributed by atoms with Crippen LogP contribution in [0.25, 0.3) is 11.4 Å². The highest BCUT2D eigenvalue weighted by atomic mass is 16.5. The minimum absolute atomic E-state index is 0.0397. The first kappa shape index (κ1) is 18.1. The van der Waals surface area contributed by atoms with Gasteiger partial charge in [0.1, 0.15) is 6.26 Å². The lowest BCUT2D eigenvalue weighted by molar-refractivity contribution is -0.139. The van der Waals surface area contributed by atoms with Gasteiger partial charge in [-0.2, -0.15) is 4.98 Å². The van der Waals surface area contributed by atoms with E-state index in [4.69, 9.17) is 14.0 Å². The largest absolute Gasteiger partial charge is 0.480 e. The van der Waals surface area contributed by atoms with Crippen molar-refractivity contribution in [3.8, 4) is 11.4 Å². The first-order chi connectivity index (χ1) is 12.5. The fraction of sp³-hybridized carbons (Fsp3) is 0.529. The topological polar surface area (TPSA) is 122 Å². The lowest BCUT2D eigenvalue weighted by atomic mass is 9.85. The molecule has 0 atom stereocenters. The number of aliphatic carboxylic acids is 1. The molecule has 1 fully saturated rings. The van der Waals surface area contributed by atoms with Crippen LogP contribution >= 0.6 is 0 Å². The molecule has 0 unspecified atom stereocenters. The Hall–Kier alpha value is -2.68. The van der Waals surface area contributed by atoms with Gasteiger partial charge in [-0.25, -0.2) is 0 Å². The third-order valence-corrected chi connectivity index (χ3v) is 4.55. The Morgan fingerprint density at radius 3 is 2.88 bits per heavy atom. The Kier molecular flexibility index (Phi) is 5.67. The number of aromatic nitrogens is 2. The van der Waals surface area contributed by atoms with Crippen molar-refractivity contribution in [2.45, 2.75) is 44.7 Å². The highest BCUT2D eigenvalue weighted by molar-refractivity contribution is 5.76. The van der Waals surface area contributed by atoms with Crippen molar-refractivity contribution < 1.29 is 23.6 Å². The molecule has 26 heavy (non-hydrogen) atoms. The van der Waals surface area contributed by atoms with Crippen LogP contribution in [0.4, 0.5) is 0 Å². The maximum Gasteiger partial charge on any atom is 0.317 e. The SMILES string of the molecule is CCN(CC(=O)O)C1CC(NC(=O)CCc2nc(-c3ccoc3)no2)C1. The third kappa shape index (κ3) is 4.48. The first-order valence-electron chi connectivity index (χ1n) is 8.65. The molecule has 0 aromatic carbocycles. The Morgan fingerprint density at radius 1 is 1.42 bits per heavy atom. The molecular weight excluding hydrogens is 340 g/mol. The van der Waals surface area contributed by atoms with Crippen molar-refractivity contribution in [1.29, 1.82) is 0 Å². The minimum atomic E-state index is -0.825. The summed E-state index contributed by atoms with van der Waals surface area (Å²) in [6, 6.07) is 2.05. The maximum atomic E-state index is 12.1. The zero-order valence-corrected chi connectivity index (χ0v) is 14.6. The molecule has 1 saturated carbocycles. The van der Waals surface area contributed by atoms with E-state index in [0.29, 0.717) is 24.7 Å². The molecule has 1 aliphatic carbocycles. The lowest BCUT2D eigenvalue weighted by Crippen LogP contribution is -2.54. The monoisotopic (exact) mass is 362 g/mol. The second-order valence-electron chi connectivity index (χ2n) is 6.37. The molecule has 9 nitrogen and oxygen atoms in total. The van der Waals surface area contributed by atoms with E-state index in [9.17, 15) is 9.59 Å². The molecule has 1 aliphatic rings. The Labute approximate surface area is 150 Å². The molecular formula is C17H22N4O5. The van der Waals surface area contributed by atoms with Crippen molar-refractivity contribution >= 4 is 11.9 Å². The zero-order valence-electron chi connectivity index (χ0n) is 14.6. The number of nitrogens with one attached hydrogen (secondary N) is 1. The normalized spacial score (nSPS) is 19.3. The maximum absolute atomic E-state index is 12.1. The summed E-state index contributed by atoms with van der Waals surface area (Å²) in [5.74, 6) is -0.0537. The molecule has 0 spiro atoms. The summed E-state index contributed by atoms with van der Waals surface area (Å²) in [6.07, 6.45) is 5.24. The number of likely N-dealkylation sites (N-methyl/N-ethyl adjacent to an activating group) is 1. The highest BCUT2D eigenvalue weighted by Crippen LogP contribution is 2.25. The van der Waals surface area contributed by atoms with E-state index in [0.717, 1.165) is 18.4 Å². The number of aryl methyl sites for hydroxylation is 1. The zero-order chi connectivity index (χ0) is 18.5. The number of hydrogen-bond donors (Lipinski definition) is 2. The van der Waals surface area contributed by atoms with E-state index in [2.05, 4.69) is 15.5 Å². The van der Waals surface area contributed by atoms with E-state index in [1.807, 2.05) is 11.8 Å². The van der Waals surface area contributed by atoms with Gasteiger partial charge in [-0.15, -0.1) is 0 Å². The average molecular weight is 362 g/mol. The molecule has 2 aromatic rings. The smallest absolute Gasteiger partial charge is 0.317 e. The highest BCUT2D eigenvalue weighted by Gasteiger charge is 2.34. The summed E-state index contributed by atoms with van der Waals surface area (Å²) in [6.45, 7) is 2.67. The summed E-state index contributed by atoms with van der Waals surface area (Å²) in [4.78, 5) is 29.0. The van der Waals surface area contributed by atoms with E-state index in [1.165, 1.54) is 12.5 Å². The van der Waals surface area contributed by atoms with E-state index < -0.39 is 5.97 Å². The molecule has 2 aromatic heterocycles. The van der Waals surface area contributed by atoms with Crippen LogP contribution in [0.3, 0.4) is 0 Å². The van der Waals surface area contributed by atoms with Crippen LogP contribution in [0.5, 0.6) is 0 Å². The predicted molar refractivity (Wildman–Crippen MR) is 90.2 cm³/mol. The summed E-state index contributed by atoms with van der Waals surface area (Å²) in [7, 11) is 0. The van der Waals surface area contributed by atoms with Crippen LogP contribution in [-0.4, -0.2) is 57.2 Å². The molecule has 9 heteroatoms. The number of carbonyl (C=O) groups is 2. The van der Waals surface area contributed by atoms with Crippen LogP contribution in [0.2, 0.25) is 0 Å². The van der Waals surface area contributed by atoms with Gasteiger partial charge in [0.2, 0.25) is 17.6 Å². The quantitative estimate of drug-likeness (QED) is 0.685. The van der Waals surface area contributed by atoms with Gasteiger partial charge in [0.15, 0.2) is 0 Å². The van der Waals surface area contributed by atoms with Crippen molar-refractivity contribution in [3.05, 3.63) is 24.5 Å². The number of hydrogen-bond acceptors (Lipinski definition) is 7. The lowest BCUT2D eigenvalue weighted by Gasteiger charge is -2.42. The van der Waals surface area contributed by atoms with Crippen LogP contribution in [0.15, 0.2) is 27.5 Å². The molecule has 2 heterocycles. The Bertz CT molecular complexity index is 736. The number of furan rings is 1. The summed E-state index contributed by atoms with van der Waals surface area (Å²) < 4.78 is 10.1. The van der Waals surface area contributed by atoms with Crippen molar-refractivity contribution in [3.63, 3.8) is 0 Å². The molecule has 0 aliphatic heterocycles. The summed E-state index contributed by atoms with van der Waals surface area (Å²) in [5.41, 5.74) is 0.729. The van der Waals surface area contributed by atoms with Crippen LogP contribution in [0, 0.1) is 0 Å². The number of carboxylic acid groups (broad SMARTS) is 1. The summed E-state index contributed by atoms with van der Waals surface area (Å²) in [5, 5.41) is 15.7. The number of amides is 1. The number of carboxylic acids is 1. The number of nitrogens with zero attached hydrogens (tertiary/aromatic N) is 3. The Morgan fingerprint density at radius 2 is 2.23 bits per heavy atom. The van der Waals surface area contributed by atoms with Gasteiger partial charge >= 0.3 is 5.97 Å². The van der Waals surface area contributed by atoms with Crippen molar-refractivity contribution in [2.24, 2.45) is 0 Å². The standard InChI is InChI=1S/C17H22N4O5/c1-2-21(9-16(23)24)13-7-12(8-13)18-14(22)3-4-15-19-17(20-26-15)11-5-6-25-10-11/h5-6,10,12-13H,2-4,7-9H2,1H3,(H,18,22)(H,23,24). The molecule has 0 bridgehead atoms.